The monoisotopic (exact) mass is 345 g/mol. The standard InChI is InChI=1S/C13H20IN3/c1-4-6-9-10(14)11(15-5-2)17-12(16-9)13(3)7-8-13/h4-8H2,1-3H3,(H,15,16,17). The molecule has 1 saturated carbocycles. The van der Waals surface area contributed by atoms with Crippen LogP contribution in [0, 0.1) is 3.57 Å². The molecule has 1 aliphatic rings. The summed E-state index contributed by atoms with van der Waals surface area (Å²) in [7, 11) is 0. The van der Waals surface area contributed by atoms with Gasteiger partial charge in [-0.2, -0.15) is 0 Å². The Hall–Kier alpha value is -0.390. The highest BCUT2D eigenvalue weighted by atomic mass is 127. The highest BCUT2D eigenvalue weighted by Gasteiger charge is 2.42. The molecule has 0 spiro atoms. The number of halogens is 1. The number of aryl methyl sites for hydroxylation is 1. The van der Waals surface area contributed by atoms with E-state index in [0.717, 1.165) is 31.0 Å². The average Bonchev–Trinajstić information content (AvgIpc) is 3.04. The van der Waals surface area contributed by atoms with Gasteiger partial charge in [0.1, 0.15) is 11.6 Å². The topological polar surface area (TPSA) is 37.8 Å². The van der Waals surface area contributed by atoms with Gasteiger partial charge in [-0.05, 0) is 48.8 Å². The van der Waals surface area contributed by atoms with E-state index in [1.165, 1.54) is 22.1 Å². The van der Waals surface area contributed by atoms with Crippen LogP contribution >= 0.6 is 22.6 Å². The van der Waals surface area contributed by atoms with E-state index in [4.69, 9.17) is 9.97 Å². The predicted molar refractivity (Wildman–Crippen MR) is 79.5 cm³/mol. The minimum atomic E-state index is 0.247. The average molecular weight is 345 g/mol. The maximum Gasteiger partial charge on any atom is 0.143 e. The minimum absolute atomic E-state index is 0.247. The van der Waals surface area contributed by atoms with Gasteiger partial charge < -0.3 is 5.32 Å². The first-order valence-electron chi connectivity index (χ1n) is 6.41. The molecule has 17 heavy (non-hydrogen) atoms. The van der Waals surface area contributed by atoms with Crippen LogP contribution in [0.2, 0.25) is 0 Å². The van der Waals surface area contributed by atoms with Crippen molar-refractivity contribution < 1.29 is 0 Å². The van der Waals surface area contributed by atoms with Crippen LogP contribution in [0.25, 0.3) is 0 Å². The molecule has 2 rings (SSSR count). The fraction of sp³-hybridized carbons (Fsp3) is 0.692. The van der Waals surface area contributed by atoms with E-state index in [2.05, 4.69) is 48.7 Å². The second kappa shape index (κ2) is 5.08. The van der Waals surface area contributed by atoms with E-state index in [0.29, 0.717) is 0 Å². The molecule has 0 bridgehead atoms. The molecule has 1 aromatic rings. The Bertz CT molecular complexity index is 386. The van der Waals surface area contributed by atoms with Crippen LogP contribution in [-0.2, 0) is 11.8 Å². The summed E-state index contributed by atoms with van der Waals surface area (Å²) in [6, 6.07) is 0. The lowest BCUT2D eigenvalue weighted by Crippen LogP contribution is -2.14. The van der Waals surface area contributed by atoms with Crippen LogP contribution in [-0.4, -0.2) is 16.5 Å². The van der Waals surface area contributed by atoms with E-state index >= 15 is 0 Å². The Balaban J connectivity index is 2.40. The summed E-state index contributed by atoms with van der Waals surface area (Å²) < 4.78 is 1.19. The Kier molecular flexibility index (Phi) is 3.90. The highest BCUT2D eigenvalue weighted by molar-refractivity contribution is 14.1. The molecule has 0 radical (unpaired) electrons. The Morgan fingerprint density at radius 2 is 2.00 bits per heavy atom. The summed E-state index contributed by atoms with van der Waals surface area (Å²) in [5.41, 5.74) is 1.46. The molecule has 4 heteroatoms. The lowest BCUT2D eigenvalue weighted by molar-refractivity contribution is 0.691. The summed E-state index contributed by atoms with van der Waals surface area (Å²) in [4.78, 5) is 9.49. The molecule has 1 heterocycles. The minimum Gasteiger partial charge on any atom is -0.369 e. The molecule has 0 aromatic carbocycles. The first kappa shape index (κ1) is 13.1. The van der Waals surface area contributed by atoms with E-state index in [-0.39, 0.29) is 5.41 Å². The molecular weight excluding hydrogens is 325 g/mol. The van der Waals surface area contributed by atoms with Gasteiger partial charge in [-0.15, -0.1) is 0 Å². The zero-order valence-electron chi connectivity index (χ0n) is 10.8. The molecule has 94 valence electrons. The third-order valence-electron chi connectivity index (χ3n) is 3.29. The Labute approximate surface area is 117 Å². The molecule has 0 unspecified atom stereocenters. The summed E-state index contributed by atoms with van der Waals surface area (Å²) >= 11 is 2.37. The van der Waals surface area contributed by atoms with Crippen LogP contribution in [0.5, 0.6) is 0 Å². The van der Waals surface area contributed by atoms with Crippen molar-refractivity contribution in [3.63, 3.8) is 0 Å². The smallest absolute Gasteiger partial charge is 0.143 e. The van der Waals surface area contributed by atoms with Crippen molar-refractivity contribution in [2.24, 2.45) is 0 Å². The van der Waals surface area contributed by atoms with E-state index in [1.807, 2.05) is 0 Å². The summed E-state index contributed by atoms with van der Waals surface area (Å²) in [5, 5.41) is 3.36. The van der Waals surface area contributed by atoms with Crippen molar-refractivity contribution in [1.29, 1.82) is 0 Å². The van der Waals surface area contributed by atoms with Gasteiger partial charge in [0, 0.05) is 12.0 Å². The van der Waals surface area contributed by atoms with E-state index in [1.54, 1.807) is 0 Å². The van der Waals surface area contributed by atoms with E-state index < -0.39 is 0 Å². The molecule has 1 aliphatic carbocycles. The largest absolute Gasteiger partial charge is 0.369 e. The van der Waals surface area contributed by atoms with Crippen molar-refractivity contribution >= 4 is 28.4 Å². The van der Waals surface area contributed by atoms with Crippen molar-refractivity contribution in [2.45, 2.75) is 51.9 Å². The van der Waals surface area contributed by atoms with Crippen molar-refractivity contribution in [3.05, 3.63) is 15.1 Å². The molecule has 0 amide bonds. The maximum atomic E-state index is 4.78. The number of anilines is 1. The SMILES string of the molecule is CCCc1nc(C2(C)CC2)nc(NCC)c1I. The van der Waals surface area contributed by atoms with Gasteiger partial charge in [-0.1, -0.05) is 20.3 Å². The summed E-state index contributed by atoms with van der Waals surface area (Å²) in [6.45, 7) is 7.48. The van der Waals surface area contributed by atoms with Crippen LogP contribution in [0.4, 0.5) is 5.82 Å². The number of nitrogens with one attached hydrogen (secondary N) is 1. The third kappa shape index (κ3) is 2.72. The Morgan fingerprint density at radius 3 is 2.53 bits per heavy atom. The molecule has 1 aromatic heterocycles. The zero-order chi connectivity index (χ0) is 12.5. The highest BCUT2D eigenvalue weighted by Crippen LogP contribution is 2.46. The summed E-state index contributed by atoms with van der Waals surface area (Å²) in [6.07, 6.45) is 4.63. The Morgan fingerprint density at radius 1 is 1.29 bits per heavy atom. The van der Waals surface area contributed by atoms with Crippen LogP contribution < -0.4 is 5.32 Å². The van der Waals surface area contributed by atoms with Crippen molar-refractivity contribution in [2.75, 3.05) is 11.9 Å². The molecule has 1 N–H and O–H groups in total. The van der Waals surface area contributed by atoms with E-state index in [9.17, 15) is 0 Å². The van der Waals surface area contributed by atoms with Gasteiger partial charge >= 0.3 is 0 Å². The molecule has 0 atom stereocenters. The predicted octanol–water partition coefficient (Wildman–Crippen LogP) is 3.52. The van der Waals surface area contributed by atoms with Gasteiger partial charge in [-0.3, -0.25) is 0 Å². The molecular formula is C13H20IN3. The van der Waals surface area contributed by atoms with Crippen LogP contribution in [0.1, 0.15) is 51.6 Å². The lowest BCUT2D eigenvalue weighted by Gasteiger charge is -2.14. The van der Waals surface area contributed by atoms with Gasteiger partial charge in [0.25, 0.3) is 0 Å². The second-order valence-corrected chi connectivity index (χ2v) is 6.08. The fourth-order valence-electron chi connectivity index (χ4n) is 1.86. The van der Waals surface area contributed by atoms with Gasteiger partial charge in [0.15, 0.2) is 0 Å². The van der Waals surface area contributed by atoms with Gasteiger partial charge in [0.2, 0.25) is 0 Å². The molecule has 0 saturated heterocycles. The van der Waals surface area contributed by atoms with Crippen LogP contribution in [0.15, 0.2) is 0 Å². The zero-order valence-corrected chi connectivity index (χ0v) is 13.0. The number of nitrogens with zero attached hydrogens (tertiary/aromatic N) is 2. The number of hydrogen-bond donors (Lipinski definition) is 1. The van der Waals surface area contributed by atoms with Gasteiger partial charge in [-0.25, -0.2) is 9.97 Å². The quantitative estimate of drug-likeness (QED) is 0.830. The van der Waals surface area contributed by atoms with Crippen LogP contribution in [0.3, 0.4) is 0 Å². The summed E-state index contributed by atoms with van der Waals surface area (Å²) in [5.74, 6) is 2.06. The fourth-order valence-corrected chi connectivity index (χ4v) is 2.56. The third-order valence-corrected chi connectivity index (χ3v) is 4.42. The molecule has 0 aliphatic heterocycles. The lowest BCUT2D eigenvalue weighted by atomic mass is 10.1. The van der Waals surface area contributed by atoms with Crippen molar-refractivity contribution in [1.82, 2.24) is 9.97 Å². The number of rotatable bonds is 5. The first-order chi connectivity index (χ1) is 8.10. The second-order valence-electron chi connectivity index (χ2n) is 5.00. The normalized spacial score (nSPS) is 16.9. The van der Waals surface area contributed by atoms with Gasteiger partial charge in [0.05, 0.1) is 9.26 Å². The van der Waals surface area contributed by atoms with Crippen molar-refractivity contribution in [3.8, 4) is 0 Å². The maximum absolute atomic E-state index is 4.78. The number of hydrogen-bond acceptors (Lipinski definition) is 3. The first-order valence-corrected chi connectivity index (χ1v) is 7.49. The molecule has 3 nitrogen and oxygen atoms in total. The molecule has 1 fully saturated rings. The number of aromatic nitrogens is 2.